The summed E-state index contributed by atoms with van der Waals surface area (Å²) in [6.45, 7) is 9.90. The lowest BCUT2D eigenvalue weighted by molar-refractivity contribution is -0.143. The number of imidazole rings is 1. The number of rotatable bonds is 18. The van der Waals surface area contributed by atoms with E-state index in [-0.39, 0.29) is 18.8 Å². The van der Waals surface area contributed by atoms with Gasteiger partial charge >= 0.3 is 6.09 Å². The molecule has 0 bridgehead atoms. The third kappa shape index (κ3) is 9.45. The Morgan fingerprint density at radius 2 is 1.07 bits per heavy atom. The lowest BCUT2D eigenvalue weighted by Crippen LogP contribution is -2.47. The van der Waals surface area contributed by atoms with E-state index in [4.69, 9.17) is 49.7 Å². The molecule has 0 radical (unpaired) electrons. The number of carbonyl (C=O) groups is 2. The SMILES string of the molecule is C=C1[C@@H](n2cnc3c(NC(=O)OC(C)(C)C)ncnc32)C[C@H](OC(c2ccccc2)(c2ccc(OC)cc2)c2ccc(OC)cc2)[C@@]1(C=O)COC(c1ccccc1)(c1ccc(OC)cc1)c1ccc(OC)cc1. The van der Waals surface area contributed by atoms with Crippen molar-refractivity contribution in [1.82, 2.24) is 19.5 Å². The van der Waals surface area contributed by atoms with Crippen molar-refractivity contribution in [2.75, 3.05) is 40.4 Å². The number of ether oxygens (including phenoxy) is 7. The molecule has 1 aliphatic rings. The number of methoxy groups -OCH3 is 4. The lowest BCUT2D eigenvalue weighted by atomic mass is 9.77. The summed E-state index contributed by atoms with van der Waals surface area (Å²) in [5.74, 6) is 2.77. The molecule has 2 aromatic heterocycles. The fourth-order valence-corrected chi connectivity index (χ4v) is 9.99. The van der Waals surface area contributed by atoms with Crippen LogP contribution in [0.5, 0.6) is 23.0 Å². The Labute approximate surface area is 430 Å². The third-order valence-electron chi connectivity index (χ3n) is 13.7. The number of amides is 1. The van der Waals surface area contributed by atoms with E-state index in [1.54, 1.807) is 55.5 Å². The maximum Gasteiger partial charge on any atom is 0.413 e. The summed E-state index contributed by atoms with van der Waals surface area (Å²) in [6.07, 6.45) is 2.40. The van der Waals surface area contributed by atoms with E-state index in [9.17, 15) is 9.59 Å². The molecule has 2 heterocycles. The van der Waals surface area contributed by atoms with Gasteiger partial charge in [0.1, 0.15) is 52.4 Å². The predicted octanol–water partition coefficient (Wildman–Crippen LogP) is 11.3. The van der Waals surface area contributed by atoms with Crippen LogP contribution in [0.1, 0.15) is 66.6 Å². The molecular formula is C60H59N5O9. The fourth-order valence-electron chi connectivity index (χ4n) is 9.99. The minimum Gasteiger partial charge on any atom is -0.497 e. The van der Waals surface area contributed by atoms with E-state index in [1.807, 2.05) is 162 Å². The van der Waals surface area contributed by atoms with Gasteiger partial charge < -0.3 is 42.5 Å². The molecule has 14 heteroatoms. The fraction of sp³-hybridized carbons (Fsp3) is 0.250. The van der Waals surface area contributed by atoms with Gasteiger partial charge in [0.25, 0.3) is 0 Å². The van der Waals surface area contributed by atoms with Gasteiger partial charge in [0.05, 0.1) is 58.9 Å². The minimum absolute atomic E-state index is 0.151. The molecule has 14 nitrogen and oxygen atoms in total. The first kappa shape index (κ1) is 50.6. The quantitative estimate of drug-likeness (QED) is 0.0494. The van der Waals surface area contributed by atoms with Gasteiger partial charge in [-0.25, -0.2) is 19.7 Å². The molecular weight excluding hydrogens is 935 g/mol. The molecule has 1 amide bonds. The van der Waals surface area contributed by atoms with Crippen LogP contribution in [-0.2, 0) is 30.2 Å². The molecule has 0 aliphatic heterocycles. The summed E-state index contributed by atoms with van der Waals surface area (Å²) in [6, 6.07) is 50.1. The predicted molar refractivity (Wildman–Crippen MR) is 282 cm³/mol. The Hall–Kier alpha value is -8.33. The first-order chi connectivity index (χ1) is 35.8. The zero-order valence-corrected chi connectivity index (χ0v) is 42.5. The molecule has 0 unspecified atom stereocenters. The number of nitrogens with zero attached hydrogens (tertiary/aromatic N) is 4. The van der Waals surface area contributed by atoms with Gasteiger partial charge in [-0.3, -0.25) is 5.32 Å². The zero-order chi connectivity index (χ0) is 52.1. The first-order valence-corrected chi connectivity index (χ1v) is 24.2. The van der Waals surface area contributed by atoms with Crippen molar-refractivity contribution in [2.45, 2.75) is 56.1 Å². The van der Waals surface area contributed by atoms with Crippen LogP contribution in [0.15, 0.2) is 183 Å². The number of carbonyl (C=O) groups excluding carboxylic acids is 2. The third-order valence-corrected chi connectivity index (χ3v) is 13.7. The largest absolute Gasteiger partial charge is 0.497 e. The molecule has 6 aromatic carbocycles. The van der Waals surface area contributed by atoms with Crippen molar-refractivity contribution in [3.05, 3.63) is 216 Å². The van der Waals surface area contributed by atoms with Crippen LogP contribution in [0.3, 0.4) is 0 Å². The highest BCUT2D eigenvalue weighted by Gasteiger charge is 2.57. The summed E-state index contributed by atoms with van der Waals surface area (Å²) in [7, 11) is 6.49. The molecule has 74 heavy (non-hydrogen) atoms. The molecule has 1 aliphatic carbocycles. The molecule has 378 valence electrons. The number of aldehydes is 1. The number of hydrogen-bond donors (Lipinski definition) is 1. The van der Waals surface area contributed by atoms with Crippen molar-refractivity contribution in [3.8, 4) is 23.0 Å². The smallest absolute Gasteiger partial charge is 0.413 e. The second kappa shape index (κ2) is 21.0. The van der Waals surface area contributed by atoms with Gasteiger partial charge in [-0.15, -0.1) is 0 Å². The van der Waals surface area contributed by atoms with Gasteiger partial charge in [0.15, 0.2) is 17.0 Å². The van der Waals surface area contributed by atoms with Crippen molar-refractivity contribution >= 4 is 29.4 Å². The summed E-state index contributed by atoms with van der Waals surface area (Å²) < 4.78 is 45.7. The minimum atomic E-state index is -1.59. The lowest BCUT2D eigenvalue weighted by Gasteiger charge is -2.44. The Morgan fingerprint density at radius 3 is 1.50 bits per heavy atom. The van der Waals surface area contributed by atoms with E-state index in [0.717, 1.165) is 39.7 Å². The van der Waals surface area contributed by atoms with Gasteiger partial charge in [0.2, 0.25) is 0 Å². The van der Waals surface area contributed by atoms with Gasteiger partial charge in [-0.1, -0.05) is 116 Å². The number of aromatic nitrogens is 4. The number of nitrogens with one attached hydrogen (secondary N) is 1. The van der Waals surface area contributed by atoms with Crippen molar-refractivity contribution in [2.24, 2.45) is 5.41 Å². The summed E-state index contributed by atoms with van der Waals surface area (Å²) in [5, 5.41) is 2.75. The number of anilines is 1. The molecule has 8 aromatic rings. The van der Waals surface area contributed by atoms with Gasteiger partial charge in [-0.05, 0) is 115 Å². The van der Waals surface area contributed by atoms with Crippen LogP contribution in [0.25, 0.3) is 11.2 Å². The maximum absolute atomic E-state index is 15.0. The molecule has 1 N–H and O–H groups in total. The molecule has 1 fully saturated rings. The van der Waals surface area contributed by atoms with Crippen LogP contribution < -0.4 is 24.3 Å². The van der Waals surface area contributed by atoms with Crippen molar-refractivity contribution < 1.29 is 42.7 Å². The van der Waals surface area contributed by atoms with Crippen LogP contribution in [0.2, 0.25) is 0 Å². The van der Waals surface area contributed by atoms with E-state index >= 15 is 0 Å². The Balaban J connectivity index is 1.27. The Kier molecular flexibility index (Phi) is 14.4. The van der Waals surface area contributed by atoms with E-state index in [1.165, 1.54) is 6.33 Å². The molecule has 3 atom stereocenters. The van der Waals surface area contributed by atoms with E-state index in [2.05, 4.69) is 10.3 Å². The number of fused-ring (bicyclic) bond motifs is 1. The van der Waals surface area contributed by atoms with Crippen LogP contribution in [0, 0.1) is 5.41 Å². The first-order valence-electron chi connectivity index (χ1n) is 24.2. The van der Waals surface area contributed by atoms with Crippen LogP contribution in [0.4, 0.5) is 10.6 Å². The standard InChI is InChI=1S/C60H59N5O9/c1-40-51(65-39-63-53-54(61-38-62-55(53)65)64-56(67)74-57(2,3)4)35-52(73-60(42-17-13-10-14-18-42,45-23-31-49(70-7)32-24-45)46-25-33-50(71-8)34-26-46)58(40,36-66)37-72-59(41-15-11-9-12-16-41,43-19-27-47(68-5)28-20-43)44-21-29-48(69-6)30-22-44/h9-34,36,38-39,51-52H,1,35,37H2,2-8H3,(H,61,62,64,67)/t51-,52-,58-/m0/s1. The molecule has 1 saturated carbocycles. The van der Waals surface area contributed by atoms with Crippen molar-refractivity contribution in [3.63, 3.8) is 0 Å². The maximum atomic E-state index is 15.0. The highest BCUT2D eigenvalue weighted by atomic mass is 16.6. The summed E-state index contributed by atoms with van der Waals surface area (Å²) in [4.78, 5) is 41.9. The average Bonchev–Trinajstić information content (AvgIpc) is 3.98. The monoisotopic (exact) mass is 993 g/mol. The highest BCUT2D eigenvalue weighted by Crippen LogP contribution is 2.55. The molecule has 0 saturated heterocycles. The average molecular weight is 994 g/mol. The highest BCUT2D eigenvalue weighted by molar-refractivity contribution is 5.93. The second-order valence-corrected chi connectivity index (χ2v) is 19.0. The van der Waals surface area contributed by atoms with Crippen LogP contribution >= 0.6 is 0 Å². The van der Waals surface area contributed by atoms with Gasteiger partial charge in [0, 0.05) is 0 Å². The second-order valence-electron chi connectivity index (χ2n) is 19.0. The molecule has 9 rings (SSSR count). The topological polar surface area (TPSA) is 154 Å². The Morgan fingerprint density at radius 1 is 0.635 bits per heavy atom. The zero-order valence-electron chi connectivity index (χ0n) is 42.5. The summed E-state index contributed by atoms with van der Waals surface area (Å²) >= 11 is 0. The molecule has 0 spiro atoms. The summed E-state index contributed by atoms with van der Waals surface area (Å²) in [5.41, 5.74) is 0.752. The van der Waals surface area contributed by atoms with Crippen LogP contribution in [-0.4, -0.2) is 78.6 Å². The normalized spacial score (nSPS) is 16.9. The Bertz CT molecular complexity index is 3120. The van der Waals surface area contributed by atoms with E-state index < -0.39 is 40.5 Å². The number of hydrogen-bond acceptors (Lipinski definition) is 12. The van der Waals surface area contributed by atoms with E-state index in [0.29, 0.717) is 39.7 Å². The van der Waals surface area contributed by atoms with Gasteiger partial charge in [-0.2, -0.15) is 0 Å². The number of benzene rings is 6. The van der Waals surface area contributed by atoms with Crippen molar-refractivity contribution in [1.29, 1.82) is 0 Å².